The topological polar surface area (TPSA) is 66.8 Å². The summed E-state index contributed by atoms with van der Waals surface area (Å²) in [6.45, 7) is 0.586. The van der Waals surface area contributed by atoms with Gasteiger partial charge in [0.05, 0.1) is 12.5 Å². The van der Waals surface area contributed by atoms with Gasteiger partial charge in [-0.2, -0.15) is 0 Å². The molecule has 2 fully saturated rings. The third-order valence-electron chi connectivity index (χ3n) is 5.92. The van der Waals surface area contributed by atoms with Crippen LogP contribution in [-0.4, -0.2) is 34.5 Å². The van der Waals surface area contributed by atoms with Crippen LogP contribution in [0.4, 0.5) is 0 Å². The lowest BCUT2D eigenvalue weighted by atomic mass is 9.83. The first-order valence-electron chi connectivity index (χ1n) is 10.1. The predicted octanol–water partition coefficient (Wildman–Crippen LogP) is 5.28. The number of rotatable bonds is 6. The number of morpholine rings is 1. The summed E-state index contributed by atoms with van der Waals surface area (Å²) < 4.78 is 6.15. The Morgan fingerprint density at radius 1 is 1.07 bits per heavy atom. The average molecular weight is 448 g/mol. The standard InChI is InChI=1S/C23H23Cl2NO4/c24-17-9-7-15(8-10-17)21-22(16-5-2-6-18(25)11-16)30-19(12-20(27)28)23(29)26(21)13-14-3-1-4-14/h2,5-11,14,19,21-22H,1,3-4,12-13H2,(H,27,28)/t19-,21+,22-/m0/s1. The molecule has 1 amide bonds. The number of carbonyl (C=O) groups is 2. The zero-order valence-electron chi connectivity index (χ0n) is 16.3. The molecule has 5 nitrogen and oxygen atoms in total. The number of amides is 1. The second kappa shape index (κ2) is 8.96. The molecule has 4 rings (SSSR count). The highest BCUT2D eigenvalue weighted by Gasteiger charge is 2.45. The van der Waals surface area contributed by atoms with Crippen LogP contribution in [0.2, 0.25) is 10.0 Å². The van der Waals surface area contributed by atoms with E-state index in [4.69, 9.17) is 27.9 Å². The molecule has 1 heterocycles. The van der Waals surface area contributed by atoms with Gasteiger partial charge in [-0.3, -0.25) is 9.59 Å². The monoisotopic (exact) mass is 447 g/mol. The molecular formula is C23H23Cl2NO4. The van der Waals surface area contributed by atoms with Crippen molar-refractivity contribution >= 4 is 35.1 Å². The van der Waals surface area contributed by atoms with Crippen LogP contribution in [0.25, 0.3) is 0 Å². The van der Waals surface area contributed by atoms with Crippen LogP contribution in [0.1, 0.15) is 49.0 Å². The second-order valence-corrected chi connectivity index (χ2v) is 8.85. The highest BCUT2D eigenvalue weighted by molar-refractivity contribution is 6.30. The first-order valence-corrected chi connectivity index (χ1v) is 10.9. The molecule has 1 aliphatic heterocycles. The number of carboxylic acids is 1. The molecule has 2 aromatic carbocycles. The first-order chi connectivity index (χ1) is 14.4. The fraction of sp³-hybridized carbons (Fsp3) is 0.391. The number of hydrogen-bond acceptors (Lipinski definition) is 3. The number of hydrogen-bond donors (Lipinski definition) is 1. The van der Waals surface area contributed by atoms with Crippen LogP contribution in [0.5, 0.6) is 0 Å². The van der Waals surface area contributed by atoms with Gasteiger partial charge in [-0.1, -0.05) is 53.9 Å². The summed E-state index contributed by atoms with van der Waals surface area (Å²) in [5.74, 6) is -0.915. The van der Waals surface area contributed by atoms with Crippen molar-refractivity contribution in [2.75, 3.05) is 6.54 Å². The maximum atomic E-state index is 13.3. The Hall–Kier alpha value is -2.08. The van der Waals surface area contributed by atoms with Crippen LogP contribution >= 0.6 is 23.2 Å². The van der Waals surface area contributed by atoms with E-state index < -0.39 is 18.2 Å². The van der Waals surface area contributed by atoms with Gasteiger partial charge in [0, 0.05) is 16.6 Å². The molecule has 0 bridgehead atoms. The Kier molecular flexibility index (Phi) is 6.32. The van der Waals surface area contributed by atoms with Gasteiger partial charge in [0.25, 0.3) is 5.91 Å². The third kappa shape index (κ3) is 4.48. The molecular weight excluding hydrogens is 425 g/mol. The van der Waals surface area contributed by atoms with Crippen molar-refractivity contribution in [2.45, 2.75) is 43.9 Å². The van der Waals surface area contributed by atoms with E-state index in [1.807, 2.05) is 35.2 Å². The smallest absolute Gasteiger partial charge is 0.306 e. The van der Waals surface area contributed by atoms with Crippen molar-refractivity contribution in [3.63, 3.8) is 0 Å². The van der Waals surface area contributed by atoms with Crippen LogP contribution < -0.4 is 0 Å². The fourth-order valence-electron chi connectivity index (χ4n) is 4.21. The number of carbonyl (C=O) groups excluding carboxylic acids is 1. The zero-order chi connectivity index (χ0) is 21.3. The molecule has 7 heteroatoms. The van der Waals surface area contributed by atoms with E-state index in [2.05, 4.69) is 0 Å². The van der Waals surface area contributed by atoms with E-state index in [-0.39, 0.29) is 18.4 Å². The SMILES string of the molecule is O=C(O)C[C@@H]1O[C@@H](c2cccc(Cl)c2)[C@@H](c2ccc(Cl)cc2)N(CC2CCC2)C1=O. The highest BCUT2D eigenvalue weighted by Crippen LogP contribution is 2.44. The summed E-state index contributed by atoms with van der Waals surface area (Å²) in [7, 11) is 0. The summed E-state index contributed by atoms with van der Waals surface area (Å²) in [6.07, 6.45) is 1.37. The molecule has 1 saturated carbocycles. The number of nitrogens with zero attached hydrogens (tertiary/aromatic N) is 1. The number of halogens is 2. The third-order valence-corrected chi connectivity index (χ3v) is 6.41. The number of aliphatic carboxylic acids is 1. The highest BCUT2D eigenvalue weighted by atomic mass is 35.5. The van der Waals surface area contributed by atoms with E-state index in [0.717, 1.165) is 30.4 Å². The Labute approximate surface area is 185 Å². The summed E-state index contributed by atoms with van der Waals surface area (Å²) in [5.41, 5.74) is 1.70. The minimum Gasteiger partial charge on any atom is -0.481 e. The minimum atomic E-state index is -1.06. The molecule has 30 heavy (non-hydrogen) atoms. The summed E-state index contributed by atoms with van der Waals surface area (Å²) in [5, 5.41) is 10.5. The van der Waals surface area contributed by atoms with E-state index in [1.54, 1.807) is 18.2 Å². The molecule has 1 aliphatic carbocycles. The molecule has 1 saturated heterocycles. The van der Waals surface area contributed by atoms with Gasteiger partial charge < -0.3 is 14.7 Å². The minimum absolute atomic E-state index is 0.275. The second-order valence-electron chi connectivity index (χ2n) is 7.98. The molecule has 0 aromatic heterocycles. The predicted molar refractivity (Wildman–Crippen MR) is 115 cm³/mol. The lowest BCUT2D eigenvalue weighted by molar-refractivity contribution is -0.180. The quantitative estimate of drug-likeness (QED) is 0.653. The number of benzene rings is 2. The maximum Gasteiger partial charge on any atom is 0.306 e. The van der Waals surface area contributed by atoms with Gasteiger partial charge in [-0.15, -0.1) is 0 Å². The molecule has 3 atom stereocenters. The van der Waals surface area contributed by atoms with Gasteiger partial charge in [0.2, 0.25) is 0 Å². The molecule has 0 spiro atoms. The van der Waals surface area contributed by atoms with Crippen LogP contribution in [0, 0.1) is 5.92 Å². The molecule has 0 radical (unpaired) electrons. The lowest BCUT2D eigenvalue weighted by Gasteiger charge is -2.46. The zero-order valence-corrected chi connectivity index (χ0v) is 17.9. The van der Waals surface area contributed by atoms with Gasteiger partial charge in [-0.05, 0) is 54.2 Å². The van der Waals surface area contributed by atoms with Crippen molar-refractivity contribution in [3.8, 4) is 0 Å². The molecule has 0 unspecified atom stereocenters. The van der Waals surface area contributed by atoms with Crippen molar-refractivity contribution in [1.29, 1.82) is 0 Å². The van der Waals surface area contributed by atoms with Gasteiger partial charge in [0.15, 0.2) is 0 Å². The lowest BCUT2D eigenvalue weighted by Crippen LogP contribution is -2.53. The van der Waals surface area contributed by atoms with Crippen molar-refractivity contribution in [3.05, 3.63) is 69.7 Å². The molecule has 2 aromatic rings. The molecule has 1 N–H and O–H groups in total. The number of ether oxygens (including phenoxy) is 1. The normalized spacial score (nSPS) is 24.5. The Bertz CT molecular complexity index is 929. The summed E-state index contributed by atoms with van der Waals surface area (Å²) >= 11 is 12.3. The van der Waals surface area contributed by atoms with E-state index in [9.17, 15) is 14.7 Å². The number of carboxylic acid groups (broad SMARTS) is 1. The van der Waals surface area contributed by atoms with Gasteiger partial charge in [-0.25, -0.2) is 0 Å². The Morgan fingerprint density at radius 3 is 2.40 bits per heavy atom. The Balaban J connectivity index is 1.78. The molecule has 158 valence electrons. The largest absolute Gasteiger partial charge is 0.481 e. The van der Waals surface area contributed by atoms with Gasteiger partial charge in [0.1, 0.15) is 12.2 Å². The van der Waals surface area contributed by atoms with E-state index in [0.29, 0.717) is 22.5 Å². The van der Waals surface area contributed by atoms with Crippen molar-refractivity contribution < 1.29 is 19.4 Å². The fourth-order valence-corrected chi connectivity index (χ4v) is 4.53. The van der Waals surface area contributed by atoms with Gasteiger partial charge >= 0.3 is 5.97 Å². The molecule has 2 aliphatic rings. The maximum absolute atomic E-state index is 13.3. The van der Waals surface area contributed by atoms with Crippen molar-refractivity contribution in [1.82, 2.24) is 4.90 Å². The van der Waals surface area contributed by atoms with E-state index in [1.165, 1.54) is 0 Å². The van der Waals surface area contributed by atoms with E-state index >= 15 is 0 Å². The summed E-state index contributed by atoms with van der Waals surface area (Å²) in [6, 6.07) is 14.3. The van der Waals surface area contributed by atoms with Crippen LogP contribution in [0.15, 0.2) is 48.5 Å². The van der Waals surface area contributed by atoms with Crippen molar-refractivity contribution in [2.24, 2.45) is 5.92 Å². The first kappa shape index (κ1) is 21.2. The summed E-state index contributed by atoms with van der Waals surface area (Å²) in [4.78, 5) is 26.5. The van der Waals surface area contributed by atoms with Crippen LogP contribution in [-0.2, 0) is 14.3 Å². The van der Waals surface area contributed by atoms with Crippen LogP contribution in [0.3, 0.4) is 0 Å². The Morgan fingerprint density at radius 2 is 1.80 bits per heavy atom. The average Bonchev–Trinajstić information content (AvgIpc) is 2.67.